The first-order valence-electron chi connectivity index (χ1n) is 8.78. The van der Waals surface area contributed by atoms with Crippen LogP contribution >= 0.6 is 22.7 Å². The zero-order valence-electron chi connectivity index (χ0n) is 15.7. The molecule has 4 rings (SSSR count). The summed E-state index contributed by atoms with van der Waals surface area (Å²) in [4.78, 5) is 16.4. The number of nitrogens with one attached hydrogen (secondary N) is 1. The number of thiophene rings is 1. The molecule has 30 heavy (non-hydrogen) atoms. The third-order valence-corrected chi connectivity index (χ3v) is 7.59. The number of rotatable bonds is 6. The van der Waals surface area contributed by atoms with Gasteiger partial charge in [0.15, 0.2) is 0 Å². The summed E-state index contributed by atoms with van der Waals surface area (Å²) in [5.41, 5.74) is 3.14. The quantitative estimate of drug-likeness (QED) is 0.407. The maximum atomic E-state index is 12.7. The van der Waals surface area contributed by atoms with Crippen molar-refractivity contribution in [1.82, 2.24) is 4.98 Å². The van der Waals surface area contributed by atoms with Crippen LogP contribution in [0.5, 0.6) is 0 Å². The molecule has 0 amide bonds. The Morgan fingerprint density at radius 3 is 2.40 bits per heavy atom. The highest BCUT2D eigenvalue weighted by Crippen LogP contribution is 2.30. The number of sulfonamides is 1. The van der Waals surface area contributed by atoms with E-state index in [2.05, 4.69) is 14.4 Å². The lowest BCUT2D eigenvalue weighted by atomic mass is 10.1. The molecule has 0 radical (unpaired) electrons. The lowest BCUT2D eigenvalue weighted by Gasteiger charge is -2.09. The molecule has 6 nitrogen and oxygen atoms in total. The Hall–Kier alpha value is -3.01. The number of nitrogens with zero attached hydrogens (tertiary/aromatic N) is 1. The number of hydrogen-bond acceptors (Lipinski definition) is 7. The Morgan fingerprint density at radius 1 is 0.967 bits per heavy atom. The van der Waals surface area contributed by atoms with Gasteiger partial charge < -0.3 is 4.74 Å². The van der Waals surface area contributed by atoms with Crippen LogP contribution in [0.4, 0.5) is 5.69 Å². The smallest absolute Gasteiger partial charge is 0.349 e. The van der Waals surface area contributed by atoms with Crippen LogP contribution in [0.1, 0.15) is 9.67 Å². The standard InChI is InChI=1S/C21H16N2O4S3/c1-27-21(24)19-18(11-12-28-19)30(25,26)23-16-9-7-14(8-10-16)17-13-29-20(22-17)15-5-3-2-4-6-15/h2-13,23H,1H3. The highest BCUT2D eigenvalue weighted by atomic mass is 32.2. The fraction of sp³-hybridized carbons (Fsp3) is 0.0476. The monoisotopic (exact) mass is 456 g/mol. The molecule has 4 aromatic rings. The van der Waals surface area contributed by atoms with Gasteiger partial charge in [-0.3, -0.25) is 4.72 Å². The molecule has 0 spiro atoms. The highest BCUT2D eigenvalue weighted by molar-refractivity contribution is 7.93. The van der Waals surface area contributed by atoms with Crippen molar-refractivity contribution in [3.05, 3.63) is 76.3 Å². The zero-order valence-corrected chi connectivity index (χ0v) is 18.2. The van der Waals surface area contributed by atoms with Crippen LogP contribution in [0.15, 0.2) is 76.3 Å². The van der Waals surface area contributed by atoms with Gasteiger partial charge in [0, 0.05) is 22.2 Å². The molecule has 2 aromatic carbocycles. The van der Waals surface area contributed by atoms with Crippen LogP contribution in [0.2, 0.25) is 0 Å². The Balaban J connectivity index is 1.54. The fourth-order valence-corrected chi connectivity index (χ4v) is 6.02. The van der Waals surface area contributed by atoms with E-state index in [1.54, 1.807) is 35.6 Å². The minimum atomic E-state index is -3.92. The summed E-state index contributed by atoms with van der Waals surface area (Å²) in [5, 5.41) is 4.43. The largest absolute Gasteiger partial charge is 0.465 e. The molecule has 0 fully saturated rings. The third-order valence-electron chi connectivity index (χ3n) is 4.25. The van der Waals surface area contributed by atoms with Crippen LogP contribution in [-0.4, -0.2) is 26.5 Å². The van der Waals surface area contributed by atoms with Crippen LogP contribution < -0.4 is 4.72 Å². The minimum Gasteiger partial charge on any atom is -0.465 e. The zero-order chi connectivity index (χ0) is 21.1. The van der Waals surface area contributed by atoms with E-state index in [1.807, 2.05) is 35.7 Å². The van der Waals surface area contributed by atoms with Gasteiger partial charge in [0.25, 0.3) is 10.0 Å². The third kappa shape index (κ3) is 4.13. The highest BCUT2D eigenvalue weighted by Gasteiger charge is 2.24. The Labute approximate surface area is 181 Å². The average molecular weight is 457 g/mol. The van der Waals surface area contributed by atoms with E-state index in [0.29, 0.717) is 5.69 Å². The molecule has 0 aliphatic carbocycles. The van der Waals surface area contributed by atoms with Crippen LogP contribution in [0.25, 0.3) is 21.8 Å². The summed E-state index contributed by atoms with van der Waals surface area (Å²) in [6.45, 7) is 0. The summed E-state index contributed by atoms with van der Waals surface area (Å²) in [6.07, 6.45) is 0. The predicted octanol–water partition coefficient (Wildman–Crippen LogP) is 5.13. The van der Waals surface area contributed by atoms with E-state index in [0.717, 1.165) is 33.2 Å². The number of hydrogen-bond donors (Lipinski definition) is 1. The van der Waals surface area contributed by atoms with Crippen molar-refractivity contribution < 1.29 is 17.9 Å². The molecule has 0 bridgehead atoms. The van der Waals surface area contributed by atoms with E-state index in [4.69, 9.17) is 0 Å². The molecular formula is C21H16N2O4S3. The van der Waals surface area contributed by atoms with E-state index in [-0.39, 0.29) is 9.77 Å². The first-order valence-corrected chi connectivity index (χ1v) is 12.0. The normalized spacial score (nSPS) is 11.2. The molecule has 9 heteroatoms. The Kier molecular flexibility index (Phi) is 5.67. The van der Waals surface area contributed by atoms with Gasteiger partial charge in [0.05, 0.1) is 12.8 Å². The van der Waals surface area contributed by atoms with Gasteiger partial charge in [-0.15, -0.1) is 22.7 Å². The minimum absolute atomic E-state index is 0.0394. The van der Waals surface area contributed by atoms with Crippen LogP contribution in [0, 0.1) is 0 Å². The van der Waals surface area contributed by atoms with Crippen LogP contribution in [0.3, 0.4) is 0 Å². The molecule has 0 aliphatic heterocycles. The molecule has 152 valence electrons. The van der Waals surface area contributed by atoms with Crippen molar-refractivity contribution in [2.24, 2.45) is 0 Å². The first-order chi connectivity index (χ1) is 14.5. The molecule has 2 aromatic heterocycles. The second-order valence-electron chi connectivity index (χ2n) is 6.19. The number of thiazole rings is 1. The molecule has 1 N–H and O–H groups in total. The molecule has 0 atom stereocenters. The number of methoxy groups -OCH3 is 1. The molecular weight excluding hydrogens is 440 g/mol. The molecule has 0 saturated carbocycles. The van der Waals surface area contributed by atoms with E-state index < -0.39 is 16.0 Å². The Bertz CT molecular complexity index is 1280. The lowest BCUT2D eigenvalue weighted by Crippen LogP contribution is -2.15. The molecule has 0 aliphatic rings. The maximum absolute atomic E-state index is 12.7. The summed E-state index contributed by atoms with van der Waals surface area (Å²) in [7, 11) is -2.70. The number of carbonyl (C=O) groups is 1. The van der Waals surface area contributed by atoms with Gasteiger partial charge >= 0.3 is 5.97 Å². The van der Waals surface area contributed by atoms with Crippen molar-refractivity contribution in [1.29, 1.82) is 0 Å². The van der Waals surface area contributed by atoms with E-state index in [9.17, 15) is 13.2 Å². The van der Waals surface area contributed by atoms with Gasteiger partial charge in [0.1, 0.15) is 14.8 Å². The first kappa shape index (κ1) is 20.3. The Morgan fingerprint density at radius 2 is 1.70 bits per heavy atom. The summed E-state index contributed by atoms with van der Waals surface area (Å²) in [6, 6.07) is 18.2. The fourth-order valence-electron chi connectivity index (χ4n) is 2.79. The second-order valence-corrected chi connectivity index (χ2v) is 9.62. The van der Waals surface area contributed by atoms with Gasteiger partial charge in [-0.05, 0) is 23.6 Å². The summed E-state index contributed by atoms with van der Waals surface area (Å²) < 4.78 is 32.5. The van der Waals surface area contributed by atoms with Gasteiger partial charge in [-0.1, -0.05) is 42.5 Å². The van der Waals surface area contributed by atoms with Gasteiger partial charge in [0.2, 0.25) is 0 Å². The van der Waals surface area contributed by atoms with E-state index in [1.165, 1.54) is 18.6 Å². The van der Waals surface area contributed by atoms with Crippen molar-refractivity contribution in [2.45, 2.75) is 4.90 Å². The van der Waals surface area contributed by atoms with Crippen molar-refractivity contribution in [3.8, 4) is 21.8 Å². The molecule has 0 unspecified atom stereocenters. The van der Waals surface area contributed by atoms with Crippen molar-refractivity contribution >= 4 is 44.4 Å². The lowest BCUT2D eigenvalue weighted by molar-refractivity contribution is 0.0602. The van der Waals surface area contributed by atoms with E-state index >= 15 is 0 Å². The average Bonchev–Trinajstić information content (AvgIpc) is 3.45. The van der Waals surface area contributed by atoms with Gasteiger partial charge in [-0.25, -0.2) is 18.2 Å². The number of anilines is 1. The second kappa shape index (κ2) is 8.39. The molecule has 0 saturated heterocycles. The SMILES string of the molecule is COC(=O)c1sccc1S(=O)(=O)Nc1ccc(-c2csc(-c3ccccc3)n2)cc1. The van der Waals surface area contributed by atoms with Gasteiger partial charge in [-0.2, -0.15) is 0 Å². The summed E-state index contributed by atoms with van der Waals surface area (Å²) in [5.74, 6) is -0.682. The summed E-state index contributed by atoms with van der Waals surface area (Å²) >= 11 is 2.57. The van der Waals surface area contributed by atoms with Crippen molar-refractivity contribution in [3.63, 3.8) is 0 Å². The van der Waals surface area contributed by atoms with Crippen molar-refractivity contribution in [2.75, 3.05) is 11.8 Å². The number of aromatic nitrogens is 1. The maximum Gasteiger partial charge on any atom is 0.349 e. The molecule has 2 heterocycles. The number of benzene rings is 2. The predicted molar refractivity (Wildman–Crippen MR) is 119 cm³/mol. The number of esters is 1. The number of ether oxygens (including phenoxy) is 1. The van der Waals surface area contributed by atoms with Crippen LogP contribution in [-0.2, 0) is 14.8 Å². The number of carbonyl (C=O) groups excluding carboxylic acids is 1. The topological polar surface area (TPSA) is 85.4 Å².